The summed E-state index contributed by atoms with van der Waals surface area (Å²) in [6.07, 6.45) is 0. The second-order valence-electron chi connectivity index (χ2n) is 4.24. The van der Waals surface area contributed by atoms with E-state index in [1.165, 1.54) is 12.1 Å². The SMILES string of the molecule is Cl.O=C(NCCN1CCNCC1)c1ccc([N+](=O)[O-])o1. The Labute approximate surface area is 122 Å². The normalized spacial score (nSPS) is 15.4. The van der Waals surface area contributed by atoms with E-state index in [-0.39, 0.29) is 18.2 Å². The predicted octanol–water partition coefficient (Wildman–Crippen LogP) is 0.245. The third-order valence-electron chi connectivity index (χ3n) is 2.92. The maximum atomic E-state index is 11.7. The minimum atomic E-state index is -0.669. The van der Waals surface area contributed by atoms with Gasteiger partial charge in [-0.25, -0.2) is 0 Å². The Hall–Kier alpha value is -1.64. The first kappa shape index (κ1) is 16.4. The average molecular weight is 305 g/mol. The maximum Gasteiger partial charge on any atom is 0.433 e. The molecule has 0 saturated carbocycles. The van der Waals surface area contributed by atoms with Gasteiger partial charge in [0.2, 0.25) is 0 Å². The quantitative estimate of drug-likeness (QED) is 0.597. The summed E-state index contributed by atoms with van der Waals surface area (Å²) in [5.41, 5.74) is 0. The summed E-state index contributed by atoms with van der Waals surface area (Å²) >= 11 is 0. The Morgan fingerprint density at radius 2 is 2.15 bits per heavy atom. The van der Waals surface area contributed by atoms with Crippen molar-refractivity contribution >= 4 is 24.2 Å². The van der Waals surface area contributed by atoms with Gasteiger partial charge in [-0.2, -0.15) is 0 Å². The monoisotopic (exact) mass is 304 g/mol. The van der Waals surface area contributed by atoms with Crippen LogP contribution in [-0.4, -0.2) is 55.0 Å². The predicted molar refractivity (Wildman–Crippen MR) is 74.3 cm³/mol. The molecule has 0 radical (unpaired) electrons. The number of nitrogens with one attached hydrogen (secondary N) is 2. The van der Waals surface area contributed by atoms with E-state index in [1.807, 2.05) is 0 Å². The molecule has 112 valence electrons. The molecular formula is C11H17ClN4O4. The van der Waals surface area contributed by atoms with Gasteiger partial charge in [-0.15, -0.1) is 12.4 Å². The highest BCUT2D eigenvalue weighted by Gasteiger charge is 2.17. The molecule has 0 atom stereocenters. The van der Waals surface area contributed by atoms with Crippen molar-refractivity contribution in [3.05, 3.63) is 28.0 Å². The summed E-state index contributed by atoms with van der Waals surface area (Å²) in [6.45, 7) is 5.09. The molecule has 1 aliphatic rings. The van der Waals surface area contributed by atoms with Gasteiger partial charge in [0, 0.05) is 39.3 Å². The molecule has 1 amide bonds. The van der Waals surface area contributed by atoms with Crippen molar-refractivity contribution in [3.63, 3.8) is 0 Å². The molecule has 1 saturated heterocycles. The summed E-state index contributed by atoms with van der Waals surface area (Å²) < 4.78 is 4.81. The van der Waals surface area contributed by atoms with Gasteiger partial charge in [0.15, 0.2) is 5.76 Å². The standard InChI is InChI=1S/C11H16N4O4.ClH/c16-11(9-1-2-10(19-9)15(17)18)13-5-8-14-6-3-12-4-7-14;/h1-2,12H,3-8H2,(H,13,16);1H. The number of carbonyl (C=O) groups is 1. The van der Waals surface area contributed by atoms with Gasteiger partial charge >= 0.3 is 5.88 Å². The van der Waals surface area contributed by atoms with Crippen molar-refractivity contribution in [2.75, 3.05) is 39.3 Å². The number of piperazine rings is 1. The van der Waals surface area contributed by atoms with Gasteiger partial charge < -0.3 is 15.1 Å². The van der Waals surface area contributed by atoms with E-state index in [0.717, 1.165) is 32.7 Å². The highest BCUT2D eigenvalue weighted by molar-refractivity contribution is 5.91. The fourth-order valence-electron chi connectivity index (χ4n) is 1.90. The Balaban J connectivity index is 0.00000200. The van der Waals surface area contributed by atoms with Gasteiger partial charge in [0.1, 0.15) is 4.92 Å². The van der Waals surface area contributed by atoms with Crippen LogP contribution >= 0.6 is 12.4 Å². The van der Waals surface area contributed by atoms with Gasteiger partial charge in [-0.05, 0) is 6.07 Å². The van der Waals surface area contributed by atoms with Crippen LogP contribution in [-0.2, 0) is 0 Å². The Morgan fingerprint density at radius 3 is 2.75 bits per heavy atom. The molecule has 2 rings (SSSR count). The van der Waals surface area contributed by atoms with E-state index in [0.29, 0.717) is 6.54 Å². The summed E-state index contributed by atoms with van der Waals surface area (Å²) in [5.74, 6) is -0.887. The summed E-state index contributed by atoms with van der Waals surface area (Å²) in [6, 6.07) is 2.48. The molecule has 1 aromatic rings. The summed E-state index contributed by atoms with van der Waals surface area (Å²) in [4.78, 5) is 23.7. The zero-order valence-electron chi connectivity index (χ0n) is 10.8. The molecule has 9 heteroatoms. The van der Waals surface area contributed by atoms with Crippen molar-refractivity contribution < 1.29 is 14.1 Å². The summed E-state index contributed by atoms with van der Waals surface area (Å²) in [7, 11) is 0. The van der Waals surface area contributed by atoms with Crippen molar-refractivity contribution in [1.82, 2.24) is 15.5 Å². The highest BCUT2D eigenvalue weighted by Crippen LogP contribution is 2.15. The minimum absolute atomic E-state index is 0. The third-order valence-corrected chi connectivity index (χ3v) is 2.92. The number of nitrogens with zero attached hydrogens (tertiary/aromatic N) is 2. The van der Waals surface area contributed by atoms with Gasteiger partial charge in [-0.3, -0.25) is 19.8 Å². The fraction of sp³-hybridized carbons (Fsp3) is 0.545. The molecule has 1 aromatic heterocycles. The van der Waals surface area contributed by atoms with Crippen molar-refractivity contribution in [2.45, 2.75) is 0 Å². The largest absolute Gasteiger partial charge is 0.433 e. The molecule has 0 bridgehead atoms. The smallest absolute Gasteiger partial charge is 0.395 e. The lowest BCUT2D eigenvalue weighted by Gasteiger charge is -2.26. The number of carbonyl (C=O) groups excluding carboxylic acids is 1. The lowest BCUT2D eigenvalue weighted by Crippen LogP contribution is -2.46. The van der Waals surface area contributed by atoms with Gasteiger partial charge in [0.05, 0.1) is 6.07 Å². The summed E-state index contributed by atoms with van der Waals surface area (Å²) in [5, 5.41) is 16.4. The van der Waals surface area contributed by atoms with Gasteiger partial charge in [0.25, 0.3) is 5.91 Å². The van der Waals surface area contributed by atoms with Crippen LogP contribution in [0.25, 0.3) is 0 Å². The maximum absolute atomic E-state index is 11.7. The van der Waals surface area contributed by atoms with Gasteiger partial charge in [-0.1, -0.05) is 0 Å². The molecule has 0 aromatic carbocycles. The van der Waals surface area contributed by atoms with Crippen LogP contribution in [0.1, 0.15) is 10.6 Å². The Morgan fingerprint density at radius 1 is 1.45 bits per heavy atom. The zero-order valence-corrected chi connectivity index (χ0v) is 11.6. The van der Waals surface area contributed by atoms with Crippen molar-refractivity contribution in [3.8, 4) is 0 Å². The van der Waals surface area contributed by atoms with Crippen LogP contribution < -0.4 is 10.6 Å². The molecule has 8 nitrogen and oxygen atoms in total. The lowest BCUT2D eigenvalue weighted by atomic mass is 10.3. The molecule has 20 heavy (non-hydrogen) atoms. The van der Waals surface area contributed by atoms with Crippen LogP contribution in [0.15, 0.2) is 16.5 Å². The number of furan rings is 1. The van der Waals surface area contributed by atoms with E-state index in [2.05, 4.69) is 15.5 Å². The topological polar surface area (TPSA) is 101 Å². The van der Waals surface area contributed by atoms with E-state index in [4.69, 9.17) is 4.42 Å². The Bertz CT molecular complexity index is 459. The van der Waals surface area contributed by atoms with Crippen molar-refractivity contribution in [2.24, 2.45) is 0 Å². The van der Waals surface area contributed by atoms with Crippen LogP contribution in [0.3, 0.4) is 0 Å². The number of halogens is 1. The first-order chi connectivity index (χ1) is 9.16. The number of hydrogen-bond donors (Lipinski definition) is 2. The average Bonchev–Trinajstić information content (AvgIpc) is 2.89. The van der Waals surface area contributed by atoms with E-state index < -0.39 is 16.7 Å². The molecule has 1 aliphatic heterocycles. The van der Waals surface area contributed by atoms with E-state index >= 15 is 0 Å². The number of rotatable bonds is 5. The molecule has 0 unspecified atom stereocenters. The number of hydrogen-bond acceptors (Lipinski definition) is 6. The second-order valence-corrected chi connectivity index (χ2v) is 4.24. The van der Waals surface area contributed by atoms with Crippen LogP contribution in [0, 0.1) is 10.1 Å². The number of amides is 1. The second kappa shape index (κ2) is 7.83. The minimum Gasteiger partial charge on any atom is -0.395 e. The molecule has 0 aliphatic carbocycles. The molecule has 2 N–H and O–H groups in total. The molecule has 0 spiro atoms. The fourth-order valence-corrected chi connectivity index (χ4v) is 1.90. The molecular weight excluding hydrogens is 288 g/mol. The number of nitro groups is 1. The highest BCUT2D eigenvalue weighted by atomic mass is 35.5. The van der Waals surface area contributed by atoms with Crippen molar-refractivity contribution in [1.29, 1.82) is 0 Å². The molecule has 2 heterocycles. The van der Waals surface area contributed by atoms with Crippen LogP contribution in [0.5, 0.6) is 0 Å². The third kappa shape index (κ3) is 4.48. The Kier molecular flexibility index (Phi) is 6.43. The zero-order chi connectivity index (χ0) is 13.7. The van der Waals surface area contributed by atoms with E-state index in [1.54, 1.807) is 0 Å². The van der Waals surface area contributed by atoms with Crippen LogP contribution in [0.2, 0.25) is 0 Å². The first-order valence-corrected chi connectivity index (χ1v) is 6.12. The first-order valence-electron chi connectivity index (χ1n) is 6.12. The van der Waals surface area contributed by atoms with E-state index in [9.17, 15) is 14.9 Å². The van der Waals surface area contributed by atoms with Crippen LogP contribution in [0.4, 0.5) is 5.88 Å². The lowest BCUT2D eigenvalue weighted by molar-refractivity contribution is -0.402. The molecule has 1 fully saturated rings.